The molecule has 1 aliphatic rings. The van der Waals surface area contributed by atoms with E-state index in [4.69, 9.17) is 4.74 Å². The van der Waals surface area contributed by atoms with Crippen LogP contribution in [0.1, 0.15) is 63.0 Å². The van der Waals surface area contributed by atoms with Gasteiger partial charge in [-0.05, 0) is 80.0 Å². The normalized spacial score (nSPS) is 15.2. The summed E-state index contributed by atoms with van der Waals surface area (Å²) >= 11 is 0. The third-order valence-corrected chi connectivity index (χ3v) is 6.14. The molecule has 1 unspecified atom stereocenters. The smallest absolute Gasteiger partial charge is 0.421 e. The maximum absolute atomic E-state index is 13.6. The first-order valence-corrected chi connectivity index (χ1v) is 11.7. The second-order valence-electron chi connectivity index (χ2n) is 8.69. The van der Waals surface area contributed by atoms with Crippen molar-refractivity contribution in [3.05, 3.63) is 65.9 Å². The highest BCUT2D eigenvalue weighted by atomic mass is 19.4. The maximum atomic E-state index is 13.6. The zero-order valence-electron chi connectivity index (χ0n) is 19.3. The van der Waals surface area contributed by atoms with E-state index in [1.54, 1.807) is 18.2 Å². The summed E-state index contributed by atoms with van der Waals surface area (Å²) in [6, 6.07) is 14.7. The van der Waals surface area contributed by atoms with Crippen LogP contribution in [0.5, 0.6) is 5.75 Å². The van der Waals surface area contributed by atoms with Crippen molar-refractivity contribution >= 4 is 23.1 Å². The molecule has 1 aromatic heterocycles. The Kier molecular flexibility index (Phi) is 7.24. The first kappa shape index (κ1) is 23.9. The van der Waals surface area contributed by atoms with E-state index in [0.717, 1.165) is 36.8 Å². The molecule has 4 rings (SSSR count). The van der Waals surface area contributed by atoms with Gasteiger partial charge in [0.25, 0.3) is 0 Å². The van der Waals surface area contributed by atoms with Gasteiger partial charge in [-0.3, -0.25) is 0 Å². The van der Waals surface area contributed by atoms with Gasteiger partial charge in [0.2, 0.25) is 5.95 Å². The van der Waals surface area contributed by atoms with Gasteiger partial charge in [-0.1, -0.05) is 26.0 Å². The highest BCUT2D eigenvalue weighted by Gasteiger charge is 2.35. The maximum Gasteiger partial charge on any atom is 0.421 e. The van der Waals surface area contributed by atoms with Crippen molar-refractivity contribution in [2.24, 2.45) is 0 Å². The predicted molar refractivity (Wildman–Crippen MR) is 128 cm³/mol. The minimum absolute atomic E-state index is 0.0676. The Morgan fingerprint density at radius 3 is 2.44 bits per heavy atom. The number of hydrogen-bond acceptors (Lipinski definition) is 5. The van der Waals surface area contributed by atoms with Gasteiger partial charge in [0.1, 0.15) is 17.1 Å². The van der Waals surface area contributed by atoms with Gasteiger partial charge < -0.3 is 15.4 Å². The van der Waals surface area contributed by atoms with Gasteiger partial charge >= 0.3 is 6.18 Å². The highest BCUT2D eigenvalue weighted by molar-refractivity contribution is 5.63. The molecule has 1 saturated carbocycles. The van der Waals surface area contributed by atoms with Gasteiger partial charge in [-0.15, -0.1) is 0 Å². The van der Waals surface area contributed by atoms with Gasteiger partial charge in [0.15, 0.2) is 0 Å². The van der Waals surface area contributed by atoms with Crippen LogP contribution in [0.2, 0.25) is 0 Å². The fourth-order valence-electron chi connectivity index (χ4n) is 3.98. The van der Waals surface area contributed by atoms with Crippen LogP contribution >= 0.6 is 0 Å². The van der Waals surface area contributed by atoms with Crippen LogP contribution in [-0.2, 0) is 6.18 Å². The second kappa shape index (κ2) is 10.3. The summed E-state index contributed by atoms with van der Waals surface area (Å²) in [5.41, 5.74) is 1.32. The van der Waals surface area contributed by atoms with Gasteiger partial charge in [0.05, 0.1) is 6.10 Å². The second-order valence-corrected chi connectivity index (χ2v) is 8.69. The van der Waals surface area contributed by atoms with E-state index in [1.165, 1.54) is 12.8 Å². The van der Waals surface area contributed by atoms with E-state index >= 15 is 0 Å². The summed E-state index contributed by atoms with van der Waals surface area (Å²) in [6.07, 6.45) is 1.91. The van der Waals surface area contributed by atoms with Gasteiger partial charge in [-0.2, -0.15) is 18.2 Å². The summed E-state index contributed by atoms with van der Waals surface area (Å²) in [5, 5.41) is 5.83. The van der Waals surface area contributed by atoms with Crippen molar-refractivity contribution in [2.75, 3.05) is 10.6 Å². The zero-order valence-corrected chi connectivity index (χ0v) is 19.3. The number of benzene rings is 2. The molecule has 0 aliphatic heterocycles. The minimum atomic E-state index is -4.59. The first-order valence-electron chi connectivity index (χ1n) is 11.7. The van der Waals surface area contributed by atoms with Crippen LogP contribution in [0.15, 0.2) is 54.7 Å². The lowest BCUT2D eigenvalue weighted by Gasteiger charge is -2.16. The Hall–Kier alpha value is -3.29. The van der Waals surface area contributed by atoms with Crippen molar-refractivity contribution in [2.45, 2.75) is 64.1 Å². The van der Waals surface area contributed by atoms with Crippen LogP contribution in [0, 0.1) is 0 Å². The molecule has 1 atom stereocenters. The van der Waals surface area contributed by atoms with Crippen molar-refractivity contribution in [1.82, 2.24) is 9.97 Å². The molecule has 0 bridgehead atoms. The summed E-state index contributed by atoms with van der Waals surface area (Å²) in [4.78, 5) is 8.04. The Morgan fingerprint density at radius 1 is 1.03 bits per heavy atom. The van der Waals surface area contributed by atoms with E-state index in [0.29, 0.717) is 17.3 Å². The number of hydrogen-bond donors (Lipinski definition) is 2. The van der Waals surface area contributed by atoms with E-state index in [1.807, 2.05) is 30.3 Å². The molecule has 180 valence electrons. The lowest BCUT2D eigenvalue weighted by atomic mass is 9.98. The Morgan fingerprint density at radius 2 is 1.76 bits per heavy atom. The van der Waals surface area contributed by atoms with E-state index in [9.17, 15) is 13.2 Å². The topological polar surface area (TPSA) is 59.1 Å². The molecule has 8 heteroatoms. The SMILES string of the molecule is CCC(C)c1cccc(Nc2nc(Nc3ccc(OC4CCCC4)cc3)ncc2C(F)(F)F)c1. The molecule has 0 saturated heterocycles. The Labute approximate surface area is 197 Å². The van der Waals surface area contributed by atoms with Crippen molar-refractivity contribution < 1.29 is 17.9 Å². The average Bonchev–Trinajstić information content (AvgIpc) is 3.32. The molecule has 0 spiro atoms. The number of rotatable bonds is 8. The number of nitrogens with one attached hydrogen (secondary N) is 2. The molecule has 34 heavy (non-hydrogen) atoms. The van der Waals surface area contributed by atoms with Gasteiger partial charge in [-0.25, -0.2) is 4.98 Å². The standard InChI is InChI=1S/C26H29F3N4O/c1-3-17(2)18-7-6-8-20(15-18)31-24-23(26(27,28)29)16-30-25(33-24)32-19-11-13-22(14-12-19)34-21-9-4-5-10-21/h6-8,11-17,21H,3-5,9-10H2,1-2H3,(H2,30,31,32,33). The molecule has 2 N–H and O–H groups in total. The summed E-state index contributed by atoms with van der Waals surface area (Å²) in [5.74, 6) is 0.840. The Balaban J connectivity index is 1.53. The molecule has 2 aromatic carbocycles. The molecule has 0 amide bonds. The number of nitrogens with zero attached hydrogens (tertiary/aromatic N) is 2. The van der Waals surface area contributed by atoms with Crippen LogP contribution in [0.3, 0.4) is 0 Å². The first-order chi connectivity index (χ1) is 16.3. The summed E-state index contributed by atoms with van der Waals surface area (Å²) in [7, 11) is 0. The summed E-state index contributed by atoms with van der Waals surface area (Å²) < 4.78 is 46.8. The number of anilines is 4. The van der Waals surface area contributed by atoms with E-state index in [2.05, 4.69) is 34.4 Å². The quantitative estimate of drug-likeness (QED) is 0.351. The largest absolute Gasteiger partial charge is 0.490 e. The highest BCUT2D eigenvalue weighted by Crippen LogP contribution is 2.36. The fourth-order valence-corrected chi connectivity index (χ4v) is 3.98. The predicted octanol–water partition coefficient (Wildman–Crippen LogP) is 7.82. The molecule has 1 heterocycles. The number of halogens is 3. The van der Waals surface area contributed by atoms with Crippen LogP contribution < -0.4 is 15.4 Å². The zero-order chi connectivity index (χ0) is 24.1. The third-order valence-electron chi connectivity index (χ3n) is 6.14. The van der Waals surface area contributed by atoms with Crippen molar-refractivity contribution in [3.8, 4) is 5.75 Å². The average molecular weight is 471 g/mol. The third kappa shape index (κ3) is 5.98. The lowest BCUT2D eigenvalue weighted by Crippen LogP contribution is -2.13. The molecular formula is C26H29F3N4O. The number of alkyl halides is 3. The van der Waals surface area contributed by atoms with Crippen LogP contribution in [0.25, 0.3) is 0 Å². The van der Waals surface area contributed by atoms with Gasteiger partial charge in [0, 0.05) is 17.6 Å². The monoisotopic (exact) mass is 470 g/mol. The van der Waals surface area contributed by atoms with E-state index < -0.39 is 11.7 Å². The molecule has 3 aromatic rings. The molecule has 1 fully saturated rings. The molecule has 0 radical (unpaired) electrons. The van der Waals surface area contributed by atoms with Crippen LogP contribution in [-0.4, -0.2) is 16.1 Å². The van der Waals surface area contributed by atoms with Crippen molar-refractivity contribution in [3.63, 3.8) is 0 Å². The molecular weight excluding hydrogens is 441 g/mol. The van der Waals surface area contributed by atoms with Crippen molar-refractivity contribution in [1.29, 1.82) is 0 Å². The number of ether oxygens (including phenoxy) is 1. The minimum Gasteiger partial charge on any atom is -0.490 e. The lowest BCUT2D eigenvalue weighted by molar-refractivity contribution is -0.137. The molecule has 1 aliphatic carbocycles. The Bertz CT molecular complexity index is 1100. The van der Waals surface area contributed by atoms with Crippen LogP contribution in [0.4, 0.5) is 36.3 Å². The van der Waals surface area contributed by atoms with E-state index in [-0.39, 0.29) is 17.9 Å². The number of aromatic nitrogens is 2. The molecule has 5 nitrogen and oxygen atoms in total. The summed E-state index contributed by atoms with van der Waals surface area (Å²) in [6.45, 7) is 4.15. The fraction of sp³-hybridized carbons (Fsp3) is 0.385.